The molecule has 77 heavy (non-hydrogen) atoms. The van der Waals surface area contributed by atoms with Gasteiger partial charge >= 0.3 is 367 Å². The Morgan fingerprint density at radius 1 is 0.429 bits per heavy atom. The molecule has 2 heterocycles. The van der Waals surface area contributed by atoms with E-state index in [1.807, 2.05) is 0 Å². The number of hydrogen-bond acceptors (Lipinski definition) is 15. The minimum atomic E-state index is -4.71. The zero-order chi connectivity index (χ0) is 56.1. The van der Waals surface area contributed by atoms with Crippen molar-refractivity contribution in [3.05, 3.63) is 0 Å². The predicted octanol–water partition coefficient (Wildman–Crippen LogP) is 11.1. The summed E-state index contributed by atoms with van der Waals surface area (Å²) in [4.78, 5) is 118. The molecule has 2 aliphatic rings. The Morgan fingerprint density at radius 2 is 0.740 bits per heavy atom. The van der Waals surface area contributed by atoms with E-state index in [2.05, 4.69) is 36.7 Å². The Kier molecular flexibility index (Phi) is 42.5. The van der Waals surface area contributed by atoms with E-state index < -0.39 is 119 Å². The molecule has 0 aliphatic carbocycles. The van der Waals surface area contributed by atoms with Crippen LogP contribution in [-0.4, -0.2) is 118 Å². The minimum absolute atomic E-state index is 0.0545. The Labute approximate surface area is 481 Å². The summed E-state index contributed by atoms with van der Waals surface area (Å²) in [7, 11) is 0. The summed E-state index contributed by atoms with van der Waals surface area (Å²) in [6.45, 7) is 6.61. The topological polar surface area (TPSA) is 245 Å². The molecule has 442 valence electrons. The van der Waals surface area contributed by atoms with E-state index in [0.29, 0.717) is 19.3 Å². The molecule has 0 unspecified atom stereocenters. The monoisotopic (exact) mass is 1480 g/mol. The fourth-order valence-corrected chi connectivity index (χ4v) is 16.2. The second kappa shape index (κ2) is 46.7. The van der Waals surface area contributed by atoms with Gasteiger partial charge in [-0.2, -0.15) is 0 Å². The molecule has 3 amide bonds. The van der Waals surface area contributed by atoms with E-state index in [1.54, 1.807) is 0 Å². The average molecular weight is 1480 g/mol. The van der Waals surface area contributed by atoms with Crippen LogP contribution in [0.15, 0.2) is 0 Å². The fraction of sp³-hybridized carbons (Fsp3) is 0.842. The van der Waals surface area contributed by atoms with Crippen molar-refractivity contribution in [2.45, 2.75) is 309 Å². The van der Waals surface area contributed by atoms with Crippen molar-refractivity contribution in [3.63, 3.8) is 0 Å². The van der Waals surface area contributed by atoms with Gasteiger partial charge in [0.05, 0.1) is 0 Å². The average Bonchev–Trinajstić information content (AvgIpc) is 3.39. The molecule has 0 bridgehead atoms. The van der Waals surface area contributed by atoms with Gasteiger partial charge in [0.2, 0.25) is 0 Å². The number of rotatable bonds is 45. The quantitative estimate of drug-likeness (QED) is 0.0379. The van der Waals surface area contributed by atoms with Crippen LogP contribution in [0.1, 0.15) is 290 Å². The first-order chi connectivity index (χ1) is 37.3. The van der Waals surface area contributed by atoms with Gasteiger partial charge in [-0.25, -0.2) is 0 Å². The molecule has 0 aromatic carbocycles. The Bertz CT molecular complexity index is 1710. The van der Waals surface area contributed by atoms with Gasteiger partial charge in [0.1, 0.15) is 0 Å². The maximum absolute atomic E-state index is 13.8. The van der Waals surface area contributed by atoms with Crippen LogP contribution in [-0.2, 0) is 60.0 Å². The van der Waals surface area contributed by atoms with Crippen LogP contribution in [0.5, 0.6) is 0 Å². The molecule has 18 nitrogen and oxygen atoms in total. The first kappa shape index (κ1) is 70.1. The molecule has 2 saturated heterocycles. The molecular weight excluding hydrogens is 1380 g/mol. The molecule has 3 atom stereocenters. The van der Waals surface area contributed by atoms with Crippen LogP contribution >= 0.6 is 0 Å². The summed E-state index contributed by atoms with van der Waals surface area (Å²) in [6, 6.07) is -3.79. The maximum atomic E-state index is 13.8. The van der Waals surface area contributed by atoms with Crippen LogP contribution in [0.3, 0.4) is 0 Å². The SMILES string of the molecule is CCCCCCCCCCCCCC(=O)N[C@@H](CCC(=O)[O][Bi]1[O]C(=O)CC[C@@H](NC(=O)CCCCCCCCCCCCC)C(=O)[O]1)C(=O)[O][Bi]1[O]C(=O)CC[C@@H](NC(=O)CCCCCCCCCCCCC)C(=O)[O]1. The van der Waals surface area contributed by atoms with E-state index in [-0.39, 0.29) is 56.8 Å². The molecule has 0 spiro atoms. The zero-order valence-corrected chi connectivity index (χ0v) is 54.4. The predicted molar refractivity (Wildman–Crippen MR) is 295 cm³/mol. The second-order valence-electron chi connectivity index (χ2n) is 20.9. The molecular formula is C57H99Bi2N3O15. The van der Waals surface area contributed by atoms with Crippen molar-refractivity contribution in [1.29, 1.82) is 0 Å². The van der Waals surface area contributed by atoms with E-state index in [1.165, 1.54) is 128 Å². The zero-order valence-electron chi connectivity index (χ0n) is 47.4. The van der Waals surface area contributed by atoms with Gasteiger partial charge in [-0.1, -0.05) is 117 Å². The summed E-state index contributed by atoms with van der Waals surface area (Å²) in [5.41, 5.74) is 0. The first-order valence-electron chi connectivity index (χ1n) is 30.1. The third-order valence-electron chi connectivity index (χ3n) is 13.8. The summed E-state index contributed by atoms with van der Waals surface area (Å²) >= 11 is -9.29. The number of hydrogen-bond donors (Lipinski definition) is 3. The number of unbranched alkanes of at least 4 members (excludes halogenated alkanes) is 30. The van der Waals surface area contributed by atoms with Crippen molar-refractivity contribution >= 4 is 99.7 Å². The molecule has 20 heteroatoms. The third kappa shape index (κ3) is 37.5. The van der Waals surface area contributed by atoms with Gasteiger partial charge in [-0.05, 0) is 0 Å². The first-order valence-corrected chi connectivity index (χ1v) is 38.6. The van der Waals surface area contributed by atoms with Crippen molar-refractivity contribution in [2.75, 3.05) is 0 Å². The molecule has 2 rings (SSSR count). The van der Waals surface area contributed by atoms with Crippen molar-refractivity contribution in [3.8, 4) is 0 Å². The van der Waals surface area contributed by atoms with Crippen molar-refractivity contribution in [2.24, 2.45) is 0 Å². The molecule has 0 aromatic rings. The second-order valence-corrected chi connectivity index (χ2v) is 28.6. The van der Waals surface area contributed by atoms with Crippen LogP contribution < -0.4 is 16.0 Å². The number of amides is 3. The summed E-state index contributed by atoms with van der Waals surface area (Å²) in [6.07, 6.45) is 35.5. The van der Waals surface area contributed by atoms with E-state index >= 15 is 0 Å². The molecule has 0 radical (unpaired) electrons. The molecule has 2 fully saturated rings. The van der Waals surface area contributed by atoms with Gasteiger partial charge < -0.3 is 0 Å². The third-order valence-corrected chi connectivity index (χ3v) is 21.8. The molecule has 0 saturated carbocycles. The number of nitrogens with one attached hydrogen (secondary N) is 3. The molecule has 3 N–H and O–H groups in total. The van der Waals surface area contributed by atoms with Gasteiger partial charge in [0.15, 0.2) is 0 Å². The van der Waals surface area contributed by atoms with Gasteiger partial charge in [-0.15, -0.1) is 0 Å². The number of carbonyl (C=O) groups is 9. The molecule has 0 aromatic heterocycles. The molecule has 2 aliphatic heterocycles. The van der Waals surface area contributed by atoms with Crippen molar-refractivity contribution < 1.29 is 60.0 Å². The van der Waals surface area contributed by atoms with E-state index in [0.717, 1.165) is 64.2 Å². The summed E-state index contributed by atoms with van der Waals surface area (Å²) < 4.78 is 32.4. The standard InChI is InChI=1S/3C19H35NO5.2Bi/c3*1-2-3-4-5-6-7-8-9-10-11-12-13-17(21)20-16(19(24)25)14-15-18(22)23;;/h3*16H,2-15H2,1H3,(H,20,21)(H,22,23)(H,24,25);;/q;;;2*+3/p-6/t3*16-;;/m110../s1. The van der Waals surface area contributed by atoms with Crippen LogP contribution in [0.4, 0.5) is 0 Å². The van der Waals surface area contributed by atoms with Crippen LogP contribution in [0, 0.1) is 0 Å². The van der Waals surface area contributed by atoms with Crippen LogP contribution in [0.2, 0.25) is 0 Å². The Morgan fingerprint density at radius 3 is 1.09 bits per heavy atom. The Balaban J connectivity index is 1.96. The fourth-order valence-electron chi connectivity index (χ4n) is 9.09. The van der Waals surface area contributed by atoms with Gasteiger partial charge in [-0.3, -0.25) is 0 Å². The van der Waals surface area contributed by atoms with Crippen LogP contribution in [0.25, 0.3) is 0 Å². The van der Waals surface area contributed by atoms with E-state index in [4.69, 9.17) is 16.9 Å². The number of carbonyl (C=O) groups excluding carboxylic acids is 9. The van der Waals surface area contributed by atoms with E-state index in [9.17, 15) is 43.2 Å². The van der Waals surface area contributed by atoms with Crippen molar-refractivity contribution in [1.82, 2.24) is 16.0 Å². The summed E-state index contributed by atoms with van der Waals surface area (Å²) in [5, 5.41) is 7.92. The summed E-state index contributed by atoms with van der Waals surface area (Å²) in [5.74, 6) is -6.65. The van der Waals surface area contributed by atoms with Gasteiger partial charge in [0, 0.05) is 0 Å². The Hall–Kier alpha value is -3.00. The van der Waals surface area contributed by atoms with Gasteiger partial charge in [0.25, 0.3) is 0 Å². The normalized spacial score (nSPS) is 16.8.